The lowest BCUT2D eigenvalue weighted by molar-refractivity contribution is -0.139. The van der Waals surface area contributed by atoms with Crippen LogP contribution in [0.2, 0.25) is 0 Å². The van der Waals surface area contributed by atoms with Crippen molar-refractivity contribution in [3.05, 3.63) is 65.5 Å². The molecule has 1 fully saturated rings. The van der Waals surface area contributed by atoms with Crippen LogP contribution < -0.4 is 4.74 Å². The van der Waals surface area contributed by atoms with Gasteiger partial charge < -0.3 is 19.6 Å². The molecule has 7 heteroatoms. The Morgan fingerprint density at radius 3 is 2.60 bits per heavy atom. The van der Waals surface area contributed by atoms with Crippen molar-refractivity contribution in [1.29, 1.82) is 0 Å². The molecule has 1 aromatic carbocycles. The molecule has 1 aromatic heterocycles. The first-order valence-corrected chi connectivity index (χ1v) is 10.00. The number of rotatable bonds is 8. The van der Waals surface area contributed by atoms with Gasteiger partial charge in [-0.2, -0.15) is 0 Å². The summed E-state index contributed by atoms with van der Waals surface area (Å²) in [6.45, 7) is 3.57. The number of aliphatic hydroxyl groups is 1. The second kappa shape index (κ2) is 9.54. The highest BCUT2D eigenvalue weighted by atomic mass is 16.5. The maximum atomic E-state index is 13.0. The van der Waals surface area contributed by atoms with Crippen LogP contribution in [0.4, 0.5) is 0 Å². The maximum Gasteiger partial charge on any atom is 0.295 e. The third-order valence-corrected chi connectivity index (χ3v) is 4.98. The third kappa shape index (κ3) is 4.52. The largest absolute Gasteiger partial charge is 0.507 e. The van der Waals surface area contributed by atoms with E-state index >= 15 is 0 Å². The van der Waals surface area contributed by atoms with E-state index in [0.717, 1.165) is 12.1 Å². The number of nitrogens with zero attached hydrogens (tertiary/aromatic N) is 3. The van der Waals surface area contributed by atoms with Crippen molar-refractivity contribution < 1.29 is 19.4 Å². The number of Topliss-reactive ketones (excluding diaryl/α,β-unsaturated/α-hetero) is 1. The zero-order valence-corrected chi connectivity index (χ0v) is 17.5. The van der Waals surface area contributed by atoms with Crippen LogP contribution in [0, 0.1) is 0 Å². The second-order valence-corrected chi connectivity index (χ2v) is 7.39. The lowest BCUT2D eigenvalue weighted by Crippen LogP contribution is -2.32. The molecule has 3 rings (SSSR count). The summed E-state index contributed by atoms with van der Waals surface area (Å²) in [5.41, 5.74) is 1.26. The minimum Gasteiger partial charge on any atom is -0.507 e. The van der Waals surface area contributed by atoms with E-state index in [1.165, 1.54) is 12.4 Å². The van der Waals surface area contributed by atoms with Gasteiger partial charge in [-0.1, -0.05) is 12.1 Å². The fourth-order valence-corrected chi connectivity index (χ4v) is 3.62. The highest BCUT2D eigenvalue weighted by Crippen LogP contribution is 2.40. The summed E-state index contributed by atoms with van der Waals surface area (Å²) in [5.74, 6) is -0.826. The second-order valence-electron chi connectivity index (χ2n) is 7.39. The monoisotopic (exact) mass is 409 g/mol. The molecule has 1 aliphatic heterocycles. The first-order valence-electron chi connectivity index (χ1n) is 10.00. The van der Waals surface area contributed by atoms with Gasteiger partial charge in [0.15, 0.2) is 0 Å². The van der Waals surface area contributed by atoms with Gasteiger partial charge in [0.05, 0.1) is 18.2 Å². The zero-order valence-electron chi connectivity index (χ0n) is 17.5. The van der Waals surface area contributed by atoms with Gasteiger partial charge in [0, 0.05) is 24.5 Å². The fourth-order valence-electron chi connectivity index (χ4n) is 3.62. The van der Waals surface area contributed by atoms with E-state index in [1.807, 2.05) is 50.2 Å². The van der Waals surface area contributed by atoms with E-state index in [-0.39, 0.29) is 11.3 Å². The number of likely N-dealkylation sites (tertiary alicyclic amines) is 1. The molecule has 1 unspecified atom stereocenters. The summed E-state index contributed by atoms with van der Waals surface area (Å²) in [7, 11) is 3.92. The molecule has 30 heavy (non-hydrogen) atoms. The van der Waals surface area contributed by atoms with Crippen LogP contribution in [0.5, 0.6) is 5.75 Å². The summed E-state index contributed by atoms with van der Waals surface area (Å²) >= 11 is 0. The van der Waals surface area contributed by atoms with Crippen molar-refractivity contribution in [2.24, 2.45) is 0 Å². The Hall–Kier alpha value is -3.19. The molecule has 0 aliphatic carbocycles. The van der Waals surface area contributed by atoms with Gasteiger partial charge in [0.25, 0.3) is 11.7 Å². The summed E-state index contributed by atoms with van der Waals surface area (Å²) in [6, 6.07) is 9.86. The molecule has 0 spiro atoms. The van der Waals surface area contributed by atoms with Crippen LogP contribution in [0.1, 0.15) is 30.5 Å². The van der Waals surface area contributed by atoms with E-state index < -0.39 is 17.7 Å². The topological polar surface area (TPSA) is 83.0 Å². The lowest BCUT2D eigenvalue weighted by atomic mass is 9.95. The number of carbonyl (C=O) groups excluding carboxylic acids is 2. The van der Waals surface area contributed by atoms with E-state index in [0.29, 0.717) is 30.9 Å². The average molecular weight is 409 g/mol. The third-order valence-electron chi connectivity index (χ3n) is 4.98. The number of hydrogen-bond donors (Lipinski definition) is 1. The van der Waals surface area contributed by atoms with Crippen molar-refractivity contribution in [2.45, 2.75) is 19.4 Å². The van der Waals surface area contributed by atoms with E-state index in [1.54, 1.807) is 17.0 Å². The average Bonchev–Trinajstić information content (AvgIpc) is 2.99. The Morgan fingerprint density at radius 1 is 1.20 bits per heavy atom. The fraction of sp³-hybridized carbons (Fsp3) is 0.348. The van der Waals surface area contributed by atoms with Crippen LogP contribution in [0.3, 0.4) is 0 Å². The quantitative estimate of drug-likeness (QED) is 0.410. The predicted octanol–water partition coefficient (Wildman–Crippen LogP) is 2.85. The molecule has 7 nitrogen and oxygen atoms in total. The highest BCUT2D eigenvalue weighted by molar-refractivity contribution is 6.46. The van der Waals surface area contributed by atoms with Gasteiger partial charge in [-0.15, -0.1) is 0 Å². The molecule has 0 radical (unpaired) electrons. The molecule has 1 amide bonds. The summed E-state index contributed by atoms with van der Waals surface area (Å²) in [5, 5.41) is 11.0. The van der Waals surface area contributed by atoms with Gasteiger partial charge in [-0.3, -0.25) is 14.6 Å². The molecular formula is C23H27N3O4. The van der Waals surface area contributed by atoms with E-state index in [4.69, 9.17) is 4.74 Å². The molecule has 2 heterocycles. The summed E-state index contributed by atoms with van der Waals surface area (Å²) in [4.78, 5) is 33.4. The predicted molar refractivity (Wildman–Crippen MR) is 114 cm³/mol. The number of hydrogen-bond acceptors (Lipinski definition) is 6. The van der Waals surface area contributed by atoms with Crippen LogP contribution in [0.15, 0.2) is 54.4 Å². The number of aliphatic hydroxyl groups excluding tert-OH is 1. The smallest absolute Gasteiger partial charge is 0.295 e. The van der Waals surface area contributed by atoms with Gasteiger partial charge >= 0.3 is 0 Å². The Morgan fingerprint density at radius 2 is 1.93 bits per heavy atom. The van der Waals surface area contributed by atoms with Crippen molar-refractivity contribution in [2.75, 3.05) is 33.8 Å². The molecule has 158 valence electrons. The van der Waals surface area contributed by atoms with Gasteiger partial charge in [0.1, 0.15) is 11.5 Å². The molecule has 2 aromatic rings. The Kier molecular flexibility index (Phi) is 6.84. The first kappa shape index (κ1) is 21.5. The molecule has 0 saturated carbocycles. The maximum absolute atomic E-state index is 13.0. The number of ether oxygens (including phenoxy) is 1. The molecule has 0 bridgehead atoms. The molecule has 1 aliphatic rings. The minimum atomic E-state index is -0.680. The summed E-state index contributed by atoms with van der Waals surface area (Å²) in [6.07, 6.45) is 3.77. The number of carbonyl (C=O) groups is 2. The Balaban J connectivity index is 2.08. The van der Waals surface area contributed by atoms with Crippen LogP contribution >= 0.6 is 0 Å². The molecule has 1 saturated heterocycles. The molecular weight excluding hydrogens is 382 g/mol. The molecule has 1 atom stereocenters. The lowest BCUT2D eigenvalue weighted by Gasteiger charge is -2.26. The van der Waals surface area contributed by atoms with Crippen LogP contribution in [0.25, 0.3) is 5.76 Å². The van der Waals surface area contributed by atoms with E-state index in [9.17, 15) is 14.7 Å². The standard InChI is InChI=1S/C23H27N3O4/c1-4-30-18-8-5-7-17(15-18)20-19(21(27)16-9-11-24-12-10-16)22(28)23(29)26(20)14-6-13-25(2)3/h5,7-12,15,20,27H,4,6,13-14H2,1-3H3. The van der Waals surface area contributed by atoms with Gasteiger partial charge in [0.2, 0.25) is 0 Å². The van der Waals surface area contributed by atoms with Crippen LogP contribution in [-0.2, 0) is 9.59 Å². The minimum absolute atomic E-state index is 0.0877. The van der Waals surface area contributed by atoms with Crippen LogP contribution in [-0.4, -0.2) is 65.4 Å². The number of amides is 1. The SMILES string of the molecule is CCOc1cccc(C2C(=C(O)c3ccncc3)C(=O)C(=O)N2CCCN(C)C)c1. The molecule has 1 N–H and O–H groups in total. The Bertz CT molecular complexity index is 940. The van der Waals surface area contributed by atoms with Crippen molar-refractivity contribution in [3.8, 4) is 5.75 Å². The summed E-state index contributed by atoms with van der Waals surface area (Å²) < 4.78 is 5.61. The number of aromatic nitrogens is 1. The zero-order chi connectivity index (χ0) is 21.7. The number of pyridine rings is 1. The van der Waals surface area contributed by atoms with Crippen molar-refractivity contribution in [3.63, 3.8) is 0 Å². The number of benzene rings is 1. The van der Waals surface area contributed by atoms with Crippen molar-refractivity contribution >= 4 is 17.4 Å². The Labute approximate surface area is 176 Å². The first-order chi connectivity index (χ1) is 14.4. The highest BCUT2D eigenvalue weighted by Gasteiger charge is 2.45. The number of ketones is 1. The van der Waals surface area contributed by atoms with E-state index in [2.05, 4.69) is 4.98 Å². The van der Waals surface area contributed by atoms with Crippen molar-refractivity contribution in [1.82, 2.24) is 14.8 Å². The normalized spacial score (nSPS) is 18.3. The van der Waals surface area contributed by atoms with Gasteiger partial charge in [-0.05, 0) is 63.8 Å². The van der Waals surface area contributed by atoms with Gasteiger partial charge in [-0.25, -0.2) is 0 Å².